The molecule has 0 aromatic heterocycles. The predicted molar refractivity (Wildman–Crippen MR) is 117 cm³/mol. The Balaban J connectivity index is 1.95. The van der Waals surface area contributed by atoms with Crippen molar-refractivity contribution in [2.75, 3.05) is 0 Å². The molecule has 29 heavy (non-hydrogen) atoms. The lowest BCUT2D eigenvalue weighted by molar-refractivity contribution is -0.147. The summed E-state index contributed by atoms with van der Waals surface area (Å²) in [5, 5.41) is 0. The van der Waals surface area contributed by atoms with Crippen molar-refractivity contribution < 1.29 is 19.1 Å². The van der Waals surface area contributed by atoms with Crippen molar-refractivity contribution in [2.45, 2.75) is 64.3 Å². The lowest BCUT2D eigenvalue weighted by atomic mass is 9.50. The fourth-order valence-corrected chi connectivity index (χ4v) is 5.35. The molecule has 0 N–H and O–H groups in total. The highest BCUT2D eigenvalue weighted by atomic mass is 79.9. The van der Waals surface area contributed by atoms with E-state index >= 15 is 0 Å². The minimum absolute atomic E-state index is 0.105. The second kappa shape index (κ2) is 8.47. The van der Waals surface area contributed by atoms with Crippen LogP contribution < -0.4 is 0 Å². The molecule has 0 amide bonds. The summed E-state index contributed by atoms with van der Waals surface area (Å²) in [5.41, 5.74) is 2.37. The minimum Gasteiger partial charge on any atom is -0.458 e. The summed E-state index contributed by atoms with van der Waals surface area (Å²) in [6.07, 6.45) is 6.91. The minimum atomic E-state index is -0.355. The Bertz CT molecular complexity index is 840. The number of alkyl halides is 1. The summed E-state index contributed by atoms with van der Waals surface area (Å²) in [6, 6.07) is 9.01. The molecule has 0 saturated heterocycles. The maximum absolute atomic E-state index is 12.5. The molecule has 1 saturated carbocycles. The van der Waals surface area contributed by atoms with Gasteiger partial charge in [-0.3, -0.25) is 4.79 Å². The molecule has 0 heterocycles. The van der Waals surface area contributed by atoms with Crippen LogP contribution in [0, 0.1) is 10.8 Å². The van der Waals surface area contributed by atoms with Gasteiger partial charge in [0, 0.05) is 17.2 Å². The Hall–Kier alpha value is -1.88. The third-order valence-corrected chi connectivity index (χ3v) is 8.34. The predicted octanol–water partition coefficient (Wildman–Crippen LogP) is 5.97. The first-order valence-electron chi connectivity index (χ1n) is 10.1. The van der Waals surface area contributed by atoms with E-state index in [1.807, 2.05) is 25.1 Å². The van der Waals surface area contributed by atoms with E-state index in [9.17, 15) is 9.59 Å². The van der Waals surface area contributed by atoms with Crippen LogP contribution in [0.1, 0.15) is 63.7 Å². The number of hydrogen-bond donors (Lipinski definition) is 0. The summed E-state index contributed by atoms with van der Waals surface area (Å²) >= 11 is 3.89. The van der Waals surface area contributed by atoms with Crippen LogP contribution in [0.4, 0.5) is 0 Å². The standard InChI is InChI=1S/C24H29BrO4/c1-16-12-13-24(14-20(16)29-17(2)26)19(10-11-21(25)23(24,3)4)15-28-22(27)18-8-6-5-7-9-18/h5-9,12,15,20-21H,10-11,13-14H2,1-4H3/b19-15-/t20-,21?,24?/m1/s1. The molecule has 4 nitrogen and oxygen atoms in total. The van der Waals surface area contributed by atoms with Gasteiger partial charge in [-0.1, -0.05) is 54.1 Å². The number of ether oxygens (including phenoxy) is 2. The van der Waals surface area contributed by atoms with E-state index in [0.29, 0.717) is 16.8 Å². The van der Waals surface area contributed by atoms with Crippen LogP contribution in [0.25, 0.3) is 0 Å². The average molecular weight is 461 g/mol. The van der Waals surface area contributed by atoms with Gasteiger partial charge in [0.25, 0.3) is 0 Å². The summed E-state index contributed by atoms with van der Waals surface area (Å²) in [5.74, 6) is -0.629. The van der Waals surface area contributed by atoms with Crippen LogP contribution in [0.15, 0.2) is 53.8 Å². The van der Waals surface area contributed by atoms with E-state index < -0.39 is 0 Å². The van der Waals surface area contributed by atoms with Crippen LogP contribution >= 0.6 is 15.9 Å². The van der Waals surface area contributed by atoms with Crippen molar-refractivity contribution >= 4 is 27.9 Å². The zero-order chi connectivity index (χ0) is 21.2. The first-order chi connectivity index (χ1) is 13.7. The van der Waals surface area contributed by atoms with Crippen LogP contribution in [0.5, 0.6) is 0 Å². The fraction of sp³-hybridized carbons (Fsp3) is 0.500. The third kappa shape index (κ3) is 4.20. The third-order valence-electron chi connectivity index (χ3n) is 6.74. The maximum Gasteiger partial charge on any atom is 0.342 e. The van der Waals surface area contributed by atoms with Gasteiger partial charge in [-0.15, -0.1) is 0 Å². The number of carbonyl (C=O) groups excluding carboxylic acids is 2. The van der Waals surface area contributed by atoms with Crippen LogP contribution in [-0.4, -0.2) is 22.9 Å². The molecule has 1 aromatic rings. The largest absolute Gasteiger partial charge is 0.458 e. The SMILES string of the molecule is CC(=O)O[C@@H]1CC2(CC=C1C)/C(=C\OC(=O)c1ccccc1)CCC(Br)C2(C)C. The zero-order valence-corrected chi connectivity index (χ0v) is 19.1. The molecule has 0 radical (unpaired) electrons. The van der Waals surface area contributed by atoms with Crippen molar-refractivity contribution in [2.24, 2.45) is 10.8 Å². The second-order valence-corrected chi connectivity index (χ2v) is 9.78. The lowest BCUT2D eigenvalue weighted by Crippen LogP contribution is -2.51. The van der Waals surface area contributed by atoms with E-state index in [4.69, 9.17) is 9.47 Å². The Kier molecular flexibility index (Phi) is 6.37. The van der Waals surface area contributed by atoms with Crippen molar-refractivity contribution in [3.05, 3.63) is 59.4 Å². The summed E-state index contributed by atoms with van der Waals surface area (Å²) in [7, 11) is 0. The second-order valence-electron chi connectivity index (χ2n) is 8.68. The average Bonchev–Trinajstić information content (AvgIpc) is 2.68. The van der Waals surface area contributed by atoms with Crippen molar-refractivity contribution in [3.8, 4) is 0 Å². The summed E-state index contributed by atoms with van der Waals surface area (Å²) in [6.45, 7) is 7.96. The van der Waals surface area contributed by atoms with Gasteiger partial charge in [0.1, 0.15) is 6.10 Å². The smallest absolute Gasteiger partial charge is 0.342 e. The molecular weight excluding hydrogens is 432 g/mol. The monoisotopic (exact) mass is 460 g/mol. The van der Waals surface area contributed by atoms with Gasteiger partial charge in [-0.2, -0.15) is 0 Å². The molecule has 3 rings (SSSR count). The van der Waals surface area contributed by atoms with Crippen molar-refractivity contribution in [3.63, 3.8) is 0 Å². The van der Waals surface area contributed by atoms with Crippen LogP contribution in [0.3, 0.4) is 0 Å². The van der Waals surface area contributed by atoms with Gasteiger partial charge in [-0.25, -0.2) is 4.79 Å². The van der Waals surface area contributed by atoms with Crippen LogP contribution in [0.2, 0.25) is 0 Å². The molecule has 3 atom stereocenters. The van der Waals surface area contributed by atoms with E-state index in [1.165, 1.54) is 6.92 Å². The Morgan fingerprint density at radius 3 is 2.55 bits per heavy atom. The number of rotatable bonds is 3. The summed E-state index contributed by atoms with van der Waals surface area (Å²) in [4.78, 5) is 24.5. The van der Waals surface area contributed by atoms with E-state index in [2.05, 4.69) is 35.9 Å². The highest BCUT2D eigenvalue weighted by Crippen LogP contribution is 2.62. The normalized spacial score (nSPS) is 30.0. The highest BCUT2D eigenvalue weighted by Gasteiger charge is 2.55. The van der Waals surface area contributed by atoms with E-state index in [1.54, 1.807) is 18.4 Å². The molecular formula is C24H29BrO4. The molecule has 1 aromatic carbocycles. The zero-order valence-electron chi connectivity index (χ0n) is 17.5. The fourth-order valence-electron chi connectivity index (χ4n) is 4.69. The lowest BCUT2D eigenvalue weighted by Gasteiger charge is -2.56. The number of esters is 2. The molecule has 2 unspecified atom stereocenters. The summed E-state index contributed by atoms with van der Waals surface area (Å²) < 4.78 is 11.3. The van der Waals surface area contributed by atoms with Crippen LogP contribution in [-0.2, 0) is 14.3 Å². The van der Waals surface area contributed by atoms with Crippen molar-refractivity contribution in [1.29, 1.82) is 0 Å². The van der Waals surface area contributed by atoms with Gasteiger partial charge in [0.15, 0.2) is 0 Å². The Morgan fingerprint density at radius 2 is 1.90 bits per heavy atom. The van der Waals surface area contributed by atoms with Crippen molar-refractivity contribution in [1.82, 2.24) is 0 Å². The molecule has 1 spiro atoms. The molecule has 0 aliphatic heterocycles. The topological polar surface area (TPSA) is 52.6 Å². The quantitative estimate of drug-likeness (QED) is 0.241. The molecule has 5 heteroatoms. The van der Waals surface area contributed by atoms with E-state index in [-0.39, 0.29) is 28.9 Å². The number of benzene rings is 1. The first-order valence-corrected chi connectivity index (χ1v) is 11.0. The molecule has 2 aliphatic carbocycles. The molecule has 156 valence electrons. The molecule has 1 fully saturated rings. The van der Waals surface area contributed by atoms with Gasteiger partial charge in [0.2, 0.25) is 0 Å². The Labute approximate surface area is 181 Å². The van der Waals surface area contributed by atoms with Gasteiger partial charge in [-0.05, 0) is 61.3 Å². The van der Waals surface area contributed by atoms with Gasteiger partial charge < -0.3 is 9.47 Å². The number of halogens is 1. The van der Waals surface area contributed by atoms with Gasteiger partial charge >= 0.3 is 11.9 Å². The Morgan fingerprint density at radius 1 is 1.21 bits per heavy atom. The first kappa shape index (κ1) is 21.8. The van der Waals surface area contributed by atoms with E-state index in [0.717, 1.165) is 30.4 Å². The van der Waals surface area contributed by atoms with Gasteiger partial charge in [0.05, 0.1) is 11.8 Å². The highest BCUT2D eigenvalue weighted by molar-refractivity contribution is 9.09. The molecule has 2 aliphatic rings. The number of allylic oxidation sites excluding steroid dienone is 2. The number of carbonyl (C=O) groups is 2. The number of hydrogen-bond acceptors (Lipinski definition) is 4. The maximum atomic E-state index is 12.5. The molecule has 0 bridgehead atoms.